The highest BCUT2D eigenvalue weighted by atomic mass is 35.5. The number of carbonyl (C=O) groups excluding carboxylic acids is 1. The lowest BCUT2D eigenvalue weighted by molar-refractivity contribution is 0.247. The van der Waals surface area contributed by atoms with Gasteiger partial charge in [0.2, 0.25) is 0 Å². The second kappa shape index (κ2) is 7.99. The fourth-order valence-electron chi connectivity index (χ4n) is 1.67. The maximum absolute atomic E-state index is 13.0. The van der Waals surface area contributed by atoms with Crippen LogP contribution in [-0.2, 0) is 0 Å². The molecule has 2 amide bonds. The quantitative estimate of drug-likeness (QED) is 0.772. The van der Waals surface area contributed by atoms with Crippen LogP contribution in [0.5, 0.6) is 5.75 Å². The Kier molecular flexibility index (Phi) is 6.01. The number of benzene rings is 2. The molecular weight excluding hydrogens is 349 g/mol. The number of hydrogen-bond acceptors (Lipinski definition) is 2. The number of rotatable bonds is 5. The van der Waals surface area contributed by atoms with Crippen LogP contribution >= 0.6 is 23.2 Å². The Labute approximate surface area is 141 Å². The Hall–Kier alpha value is -2.05. The normalized spacial score (nSPS) is 10.3. The van der Waals surface area contributed by atoms with Crippen molar-refractivity contribution in [2.75, 3.05) is 18.5 Å². The van der Waals surface area contributed by atoms with E-state index in [1.54, 1.807) is 0 Å². The maximum Gasteiger partial charge on any atom is 0.319 e. The highest BCUT2D eigenvalue weighted by Crippen LogP contribution is 2.24. The molecule has 2 aromatic rings. The van der Waals surface area contributed by atoms with Crippen molar-refractivity contribution in [1.29, 1.82) is 0 Å². The highest BCUT2D eigenvalue weighted by Gasteiger charge is 2.06. The molecule has 4 nitrogen and oxygen atoms in total. The van der Waals surface area contributed by atoms with Crippen LogP contribution in [0.2, 0.25) is 10.0 Å². The minimum Gasteiger partial charge on any atom is -0.490 e. The van der Waals surface area contributed by atoms with Crippen molar-refractivity contribution in [3.63, 3.8) is 0 Å². The number of carbonyl (C=O) groups is 1. The number of ether oxygens (including phenoxy) is 1. The van der Waals surface area contributed by atoms with E-state index in [0.717, 1.165) is 12.1 Å². The van der Waals surface area contributed by atoms with Crippen molar-refractivity contribution in [2.24, 2.45) is 0 Å². The number of hydrogen-bond donors (Lipinski definition) is 2. The fourth-order valence-corrected chi connectivity index (χ4v) is 2.07. The smallest absolute Gasteiger partial charge is 0.319 e. The van der Waals surface area contributed by atoms with Gasteiger partial charge in [-0.1, -0.05) is 23.2 Å². The van der Waals surface area contributed by atoms with Gasteiger partial charge in [0, 0.05) is 5.69 Å². The molecule has 0 atom stereocenters. The van der Waals surface area contributed by atoms with Crippen molar-refractivity contribution in [1.82, 2.24) is 5.32 Å². The van der Waals surface area contributed by atoms with Crippen LogP contribution in [0.1, 0.15) is 0 Å². The third-order valence-electron chi connectivity index (χ3n) is 2.72. The molecular formula is C15H12Cl2F2N2O2. The van der Waals surface area contributed by atoms with Crippen molar-refractivity contribution in [3.05, 3.63) is 58.1 Å². The third-order valence-corrected chi connectivity index (χ3v) is 3.30. The summed E-state index contributed by atoms with van der Waals surface area (Å²) in [5, 5.41) is 5.09. The van der Waals surface area contributed by atoms with Crippen LogP contribution in [-0.4, -0.2) is 19.2 Å². The van der Waals surface area contributed by atoms with E-state index in [-0.39, 0.29) is 23.2 Å². The van der Waals surface area contributed by atoms with Gasteiger partial charge in [-0.2, -0.15) is 0 Å². The van der Waals surface area contributed by atoms with E-state index in [1.165, 1.54) is 24.3 Å². The fraction of sp³-hybridized carbons (Fsp3) is 0.133. The molecule has 0 heterocycles. The summed E-state index contributed by atoms with van der Waals surface area (Å²) in [7, 11) is 0. The maximum atomic E-state index is 13.0. The van der Waals surface area contributed by atoms with Gasteiger partial charge in [-0.15, -0.1) is 0 Å². The van der Waals surface area contributed by atoms with Crippen LogP contribution in [0, 0.1) is 11.6 Å². The molecule has 0 spiro atoms. The molecule has 0 aliphatic heterocycles. The summed E-state index contributed by atoms with van der Waals surface area (Å²) >= 11 is 11.4. The molecule has 2 aromatic carbocycles. The van der Waals surface area contributed by atoms with Gasteiger partial charge in [0.1, 0.15) is 24.0 Å². The summed E-state index contributed by atoms with van der Waals surface area (Å²) in [4.78, 5) is 11.6. The van der Waals surface area contributed by atoms with E-state index in [0.29, 0.717) is 11.4 Å². The van der Waals surface area contributed by atoms with Crippen LogP contribution < -0.4 is 15.4 Å². The number of halogens is 4. The first-order chi connectivity index (χ1) is 11.0. The monoisotopic (exact) mass is 360 g/mol. The first-order valence-electron chi connectivity index (χ1n) is 6.53. The first kappa shape index (κ1) is 17.3. The van der Waals surface area contributed by atoms with Crippen LogP contribution in [0.4, 0.5) is 19.3 Å². The minimum atomic E-state index is -0.567. The summed E-state index contributed by atoms with van der Waals surface area (Å²) < 4.78 is 31.2. The van der Waals surface area contributed by atoms with Crippen molar-refractivity contribution >= 4 is 34.9 Å². The van der Waals surface area contributed by atoms with E-state index in [4.69, 9.17) is 27.9 Å². The molecule has 0 unspecified atom stereocenters. The number of nitrogens with one attached hydrogen (secondary N) is 2. The third kappa shape index (κ3) is 5.26. The van der Waals surface area contributed by atoms with Gasteiger partial charge in [-0.05, 0) is 36.4 Å². The molecule has 122 valence electrons. The molecule has 8 heteroatoms. The lowest BCUT2D eigenvalue weighted by Crippen LogP contribution is -2.32. The van der Waals surface area contributed by atoms with Gasteiger partial charge in [0.15, 0.2) is 0 Å². The zero-order chi connectivity index (χ0) is 16.8. The van der Waals surface area contributed by atoms with Crippen LogP contribution in [0.3, 0.4) is 0 Å². The second-order valence-electron chi connectivity index (χ2n) is 4.43. The molecule has 0 bridgehead atoms. The molecule has 2 N–H and O–H groups in total. The molecule has 0 aliphatic rings. The van der Waals surface area contributed by atoms with Crippen LogP contribution in [0.25, 0.3) is 0 Å². The minimum absolute atomic E-state index is 0.0860. The van der Waals surface area contributed by atoms with E-state index < -0.39 is 17.7 Å². The number of urea groups is 1. The Morgan fingerprint density at radius 1 is 1.09 bits per heavy atom. The average molecular weight is 361 g/mol. The van der Waals surface area contributed by atoms with Crippen molar-refractivity contribution < 1.29 is 18.3 Å². The summed E-state index contributed by atoms with van der Waals surface area (Å²) in [6.45, 7) is 0.331. The van der Waals surface area contributed by atoms with Gasteiger partial charge < -0.3 is 15.4 Å². The summed E-state index contributed by atoms with van der Waals surface area (Å²) in [6, 6.07) is 7.09. The van der Waals surface area contributed by atoms with Gasteiger partial charge in [0.25, 0.3) is 0 Å². The zero-order valence-corrected chi connectivity index (χ0v) is 13.2. The summed E-state index contributed by atoms with van der Waals surface area (Å²) in [5.41, 5.74) is 0.358. The Morgan fingerprint density at radius 3 is 2.57 bits per heavy atom. The SMILES string of the molecule is O=C(NCCOc1ccc(F)cc1Cl)Nc1ccc(F)c(Cl)c1. The van der Waals surface area contributed by atoms with Crippen molar-refractivity contribution in [2.45, 2.75) is 0 Å². The van der Waals surface area contributed by atoms with Gasteiger partial charge in [-0.3, -0.25) is 0 Å². The second-order valence-corrected chi connectivity index (χ2v) is 5.25. The molecule has 2 rings (SSSR count). The summed E-state index contributed by atoms with van der Waals surface area (Å²) in [5.74, 6) is -0.708. The standard InChI is InChI=1S/C15H12Cl2F2N2O2/c16-11-8-10(2-3-13(11)19)21-15(22)20-5-6-23-14-4-1-9(18)7-12(14)17/h1-4,7-8H,5-6H2,(H2,20,21,22). The van der Waals surface area contributed by atoms with Crippen molar-refractivity contribution in [3.8, 4) is 5.75 Å². The Morgan fingerprint density at radius 2 is 1.87 bits per heavy atom. The molecule has 0 saturated heterocycles. The molecule has 0 radical (unpaired) electrons. The lowest BCUT2D eigenvalue weighted by Gasteiger charge is -2.10. The van der Waals surface area contributed by atoms with E-state index in [1.807, 2.05) is 0 Å². The number of anilines is 1. The highest BCUT2D eigenvalue weighted by molar-refractivity contribution is 6.32. The van der Waals surface area contributed by atoms with Gasteiger partial charge in [-0.25, -0.2) is 13.6 Å². The Bertz CT molecular complexity index is 714. The Balaban J connectivity index is 1.75. The van der Waals surface area contributed by atoms with Crippen LogP contribution in [0.15, 0.2) is 36.4 Å². The van der Waals surface area contributed by atoms with E-state index in [2.05, 4.69) is 10.6 Å². The molecule has 0 saturated carbocycles. The topological polar surface area (TPSA) is 50.4 Å². The number of amides is 2. The molecule has 0 aromatic heterocycles. The predicted molar refractivity (Wildman–Crippen MR) is 85.3 cm³/mol. The predicted octanol–water partition coefficient (Wildman–Crippen LogP) is 4.47. The first-order valence-corrected chi connectivity index (χ1v) is 7.29. The van der Waals surface area contributed by atoms with E-state index in [9.17, 15) is 13.6 Å². The molecule has 0 aliphatic carbocycles. The molecule has 0 fully saturated rings. The van der Waals surface area contributed by atoms with Gasteiger partial charge in [0.05, 0.1) is 16.6 Å². The largest absolute Gasteiger partial charge is 0.490 e. The van der Waals surface area contributed by atoms with Gasteiger partial charge >= 0.3 is 6.03 Å². The van der Waals surface area contributed by atoms with E-state index >= 15 is 0 Å². The zero-order valence-electron chi connectivity index (χ0n) is 11.7. The lowest BCUT2D eigenvalue weighted by atomic mass is 10.3. The average Bonchev–Trinajstić information content (AvgIpc) is 2.49. The summed E-state index contributed by atoms with van der Waals surface area (Å²) in [6.07, 6.45) is 0. The molecule has 23 heavy (non-hydrogen) atoms.